The number of hydrogen-bond donors (Lipinski definition) is 0. The molecule has 0 spiro atoms. The molecular formula is C20H30GeN2. The van der Waals surface area contributed by atoms with Gasteiger partial charge in [-0.2, -0.15) is 0 Å². The van der Waals surface area contributed by atoms with Crippen LogP contribution < -0.4 is 4.40 Å². The molecule has 0 fully saturated rings. The van der Waals surface area contributed by atoms with Crippen LogP contribution in [0.1, 0.15) is 44.6 Å². The van der Waals surface area contributed by atoms with E-state index >= 15 is 0 Å². The van der Waals surface area contributed by atoms with E-state index in [1.54, 1.807) is 13.0 Å². The second kappa shape index (κ2) is 6.39. The van der Waals surface area contributed by atoms with Gasteiger partial charge in [-0.05, 0) is 0 Å². The Bertz CT molecular complexity index is 878. The maximum atomic E-state index is 8.85. The number of pyridine rings is 2. The van der Waals surface area contributed by atoms with Crippen LogP contribution in [0.3, 0.4) is 0 Å². The first kappa shape index (κ1) is 12.2. The summed E-state index contributed by atoms with van der Waals surface area (Å²) in [6.07, 6.45) is 0.295. The molecule has 0 bridgehead atoms. The third-order valence-corrected chi connectivity index (χ3v) is 7.81. The SMILES string of the molecule is [2H]C([2H])([2H])c1ccc(-c2cc(C([2H])([2H])C(C)(C)C)[c]([Ge]([CH3])([CH3])[CH3])cn2)c(C)n1. The van der Waals surface area contributed by atoms with Gasteiger partial charge in [-0.1, -0.05) is 0 Å². The molecule has 0 radical (unpaired) electrons. The second-order valence-corrected chi connectivity index (χ2v) is 18.6. The average Bonchev–Trinajstić information content (AvgIpc) is 2.51. The Morgan fingerprint density at radius 2 is 1.91 bits per heavy atom. The van der Waals surface area contributed by atoms with Crippen molar-refractivity contribution >= 4 is 17.7 Å². The Kier molecular flexibility index (Phi) is 3.40. The van der Waals surface area contributed by atoms with Crippen molar-refractivity contribution in [2.75, 3.05) is 0 Å². The van der Waals surface area contributed by atoms with Gasteiger partial charge < -0.3 is 0 Å². The van der Waals surface area contributed by atoms with E-state index < -0.39 is 31.9 Å². The van der Waals surface area contributed by atoms with Gasteiger partial charge in [-0.15, -0.1) is 0 Å². The van der Waals surface area contributed by atoms with E-state index in [0.717, 1.165) is 9.96 Å². The summed E-state index contributed by atoms with van der Waals surface area (Å²) >= 11 is -2.38. The van der Waals surface area contributed by atoms with Crippen molar-refractivity contribution in [3.8, 4) is 11.3 Å². The first-order valence-electron chi connectivity index (χ1n) is 10.5. The summed E-state index contributed by atoms with van der Waals surface area (Å²) in [6.45, 7) is 5.23. The number of hydrogen-bond acceptors (Lipinski definition) is 2. The minimum atomic E-state index is -2.38. The molecule has 2 aromatic heterocycles. The van der Waals surface area contributed by atoms with Crippen LogP contribution >= 0.6 is 0 Å². The van der Waals surface area contributed by atoms with E-state index in [0.29, 0.717) is 17.0 Å². The molecule has 0 saturated heterocycles. The van der Waals surface area contributed by atoms with Crippen LogP contribution in [0.15, 0.2) is 24.4 Å². The van der Waals surface area contributed by atoms with E-state index in [1.165, 1.54) is 6.07 Å². The van der Waals surface area contributed by atoms with E-state index in [2.05, 4.69) is 27.2 Å². The maximum absolute atomic E-state index is 8.85. The summed E-state index contributed by atoms with van der Waals surface area (Å²) in [5, 5.41) is 0. The van der Waals surface area contributed by atoms with Crippen molar-refractivity contribution in [2.45, 2.75) is 58.2 Å². The molecule has 2 rings (SSSR count). The molecule has 0 unspecified atom stereocenters. The van der Waals surface area contributed by atoms with Gasteiger partial charge in [0.2, 0.25) is 0 Å². The van der Waals surface area contributed by atoms with Gasteiger partial charge in [0.1, 0.15) is 0 Å². The average molecular weight is 376 g/mol. The van der Waals surface area contributed by atoms with Gasteiger partial charge in [0.05, 0.1) is 0 Å². The predicted molar refractivity (Wildman–Crippen MR) is 103 cm³/mol. The van der Waals surface area contributed by atoms with Gasteiger partial charge in [-0.25, -0.2) is 0 Å². The minimum absolute atomic E-state index is 0.0558. The van der Waals surface area contributed by atoms with Crippen molar-refractivity contribution in [2.24, 2.45) is 5.41 Å². The van der Waals surface area contributed by atoms with Crippen LogP contribution in [0.25, 0.3) is 11.3 Å². The van der Waals surface area contributed by atoms with Crippen molar-refractivity contribution in [3.05, 3.63) is 41.3 Å². The van der Waals surface area contributed by atoms with E-state index in [9.17, 15) is 0 Å². The standard InChI is InChI=1S/C20H30GeN2/c1-14-9-10-17(15(2)23-14)19-11-16(12-20(3,4)5)18(13-22-19)21(6,7)8/h9-11,13H,12H2,1-8H3/i1D3,12D2. The normalized spacial score (nSPS) is 16.9. The number of aromatic nitrogens is 2. The topological polar surface area (TPSA) is 25.8 Å². The summed E-state index contributed by atoms with van der Waals surface area (Å²) in [5.74, 6) is 6.70. The van der Waals surface area contributed by atoms with Gasteiger partial charge in [-0.3, -0.25) is 0 Å². The number of nitrogens with zero attached hydrogens (tertiary/aromatic N) is 2. The molecule has 0 saturated carbocycles. The molecular weight excluding hydrogens is 341 g/mol. The van der Waals surface area contributed by atoms with E-state index in [4.69, 9.17) is 6.85 Å². The third kappa shape index (κ3) is 4.66. The second-order valence-electron chi connectivity index (χ2n) is 8.07. The monoisotopic (exact) mass is 377 g/mol. The summed E-state index contributed by atoms with van der Waals surface area (Å²) in [7, 11) is 0. The van der Waals surface area contributed by atoms with Gasteiger partial charge in [0, 0.05) is 0 Å². The molecule has 3 heteroatoms. The molecule has 0 aliphatic heterocycles. The van der Waals surface area contributed by atoms with Gasteiger partial charge in [0.15, 0.2) is 0 Å². The zero-order chi connectivity index (χ0) is 21.7. The first-order valence-corrected chi connectivity index (χ1v) is 15.3. The van der Waals surface area contributed by atoms with E-state index in [-0.39, 0.29) is 5.69 Å². The van der Waals surface area contributed by atoms with Crippen molar-refractivity contribution in [1.82, 2.24) is 9.97 Å². The van der Waals surface area contributed by atoms with Crippen molar-refractivity contribution in [1.29, 1.82) is 0 Å². The summed E-state index contributed by atoms with van der Waals surface area (Å²) in [6, 6.07) is 5.07. The predicted octanol–water partition coefficient (Wildman–Crippen LogP) is 4.89. The Morgan fingerprint density at radius 1 is 1.22 bits per heavy atom. The first-order chi connectivity index (χ1) is 12.5. The zero-order valence-corrected chi connectivity index (χ0v) is 17.3. The fourth-order valence-corrected chi connectivity index (χ4v) is 5.47. The molecule has 0 aromatic carbocycles. The third-order valence-electron chi connectivity index (χ3n) is 3.58. The van der Waals surface area contributed by atoms with Crippen LogP contribution in [0.5, 0.6) is 0 Å². The van der Waals surface area contributed by atoms with Gasteiger partial charge >= 0.3 is 151 Å². The fourth-order valence-electron chi connectivity index (χ4n) is 2.54. The Morgan fingerprint density at radius 3 is 2.43 bits per heavy atom. The summed E-state index contributed by atoms with van der Waals surface area (Å²) in [4.78, 5) is 8.87. The molecule has 2 aromatic rings. The number of rotatable bonds is 3. The number of aryl methyl sites for hydroxylation is 2. The van der Waals surface area contributed by atoms with Crippen molar-refractivity contribution < 1.29 is 6.85 Å². The van der Waals surface area contributed by atoms with Crippen LogP contribution in [-0.4, -0.2) is 23.2 Å². The Hall–Kier alpha value is -1.16. The Balaban J connectivity index is 2.71. The quantitative estimate of drug-likeness (QED) is 0.713. The van der Waals surface area contributed by atoms with Crippen molar-refractivity contribution in [3.63, 3.8) is 0 Å². The van der Waals surface area contributed by atoms with Crippen LogP contribution in [0.4, 0.5) is 0 Å². The molecule has 0 aliphatic carbocycles. The molecule has 124 valence electrons. The fraction of sp³-hybridized carbons (Fsp3) is 0.500. The van der Waals surface area contributed by atoms with Crippen LogP contribution in [-0.2, 0) is 6.37 Å². The van der Waals surface area contributed by atoms with E-state index in [1.807, 2.05) is 33.0 Å². The molecule has 0 atom stereocenters. The molecule has 0 N–H and O–H groups in total. The van der Waals surface area contributed by atoms with Crippen LogP contribution in [0, 0.1) is 19.2 Å². The summed E-state index contributed by atoms with van der Waals surface area (Å²) in [5.41, 5.74) is 2.10. The molecule has 0 amide bonds. The molecule has 23 heavy (non-hydrogen) atoms. The molecule has 0 aliphatic rings. The Labute approximate surface area is 151 Å². The zero-order valence-electron chi connectivity index (χ0n) is 20.2. The van der Waals surface area contributed by atoms with Crippen LogP contribution in [0.2, 0.25) is 17.3 Å². The van der Waals surface area contributed by atoms with Gasteiger partial charge in [0.25, 0.3) is 0 Å². The molecule has 2 nitrogen and oxygen atoms in total. The summed E-state index contributed by atoms with van der Waals surface area (Å²) < 4.78 is 41.4. The molecule has 2 heterocycles.